The first-order valence-electron chi connectivity index (χ1n) is 23.6. The molecule has 4 atom stereocenters. The maximum Gasteiger partial charge on any atom is 0.407 e. The highest BCUT2D eigenvalue weighted by atomic mass is 16.6. The van der Waals surface area contributed by atoms with E-state index >= 15 is 0 Å². The summed E-state index contributed by atoms with van der Waals surface area (Å²) in [6.07, 6.45) is 17.8. The van der Waals surface area contributed by atoms with Gasteiger partial charge in [0.25, 0.3) is 0 Å². The molecule has 1 N–H and O–H groups in total. The van der Waals surface area contributed by atoms with Gasteiger partial charge in [-0.25, -0.2) is 9.59 Å². The number of allylic oxidation sites excluding steroid dienone is 3. The second-order valence-corrected chi connectivity index (χ2v) is 16.8. The second kappa shape index (κ2) is 32.0. The number of carbonyl (C=O) groups is 2. The van der Waals surface area contributed by atoms with Crippen LogP contribution in [0, 0.1) is 17.8 Å². The molecule has 0 radical (unpaired) electrons. The molecule has 350 valence electrons. The molecule has 9 nitrogen and oxygen atoms in total. The summed E-state index contributed by atoms with van der Waals surface area (Å²) in [5, 5.41) is 2.59. The molecule has 0 aliphatic carbocycles. The van der Waals surface area contributed by atoms with Gasteiger partial charge in [0.1, 0.15) is 29.6 Å². The van der Waals surface area contributed by atoms with Crippen LogP contribution in [0.2, 0.25) is 0 Å². The summed E-state index contributed by atoms with van der Waals surface area (Å²) in [5.41, 5.74) is 2.49. The van der Waals surface area contributed by atoms with Crippen LogP contribution in [-0.2, 0) is 25.4 Å². The average Bonchev–Trinajstić information content (AvgIpc) is 3.94. The molecule has 1 heterocycles. The van der Waals surface area contributed by atoms with E-state index in [1.54, 1.807) is 13.0 Å². The lowest BCUT2D eigenvalue weighted by molar-refractivity contribution is -0.137. The molecule has 0 bridgehead atoms. The van der Waals surface area contributed by atoms with Crippen LogP contribution in [0.3, 0.4) is 0 Å². The van der Waals surface area contributed by atoms with Crippen LogP contribution in [0.5, 0.6) is 23.0 Å². The highest BCUT2D eigenvalue weighted by Crippen LogP contribution is 2.42. The highest BCUT2D eigenvalue weighted by Gasteiger charge is 2.49. The Morgan fingerprint density at radius 1 is 0.762 bits per heavy atom. The van der Waals surface area contributed by atoms with Gasteiger partial charge < -0.3 is 33.7 Å². The maximum atomic E-state index is 11.2. The number of nitrogens with one attached hydrogen (secondary N) is 1. The van der Waals surface area contributed by atoms with E-state index < -0.39 is 6.09 Å². The molecule has 63 heavy (non-hydrogen) atoms. The van der Waals surface area contributed by atoms with Crippen LogP contribution in [0.25, 0.3) is 0 Å². The zero-order valence-electron chi connectivity index (χ0n) is 40.4. The summed E-state index contributed by atoms with van der Waals surface area (Å²) in [6, 6.07) is 25.4. The summed E-state index contributed by atoms with van der Waals surface area (Å²) in [5.74, 6) is 5.25. The number of aryl methyl sites for hydroxylation is 1. The number of hydrogen-bond donors (Lipinski definition) is 1. The third kappa shape index (κ3) is 25.2. The number of epoxide rings is 1. The molecule has 1 saturated heterocycles. The van der Waals surface area contributed by atoms with Crippen molar-refractivity contribution in [3.8, 4) is 23.0 Å². The minimum Gasteiger partial charge on any atom is -0.494 e. The molecule has 4 rings (SSSR count). The fraction of sp³-hybridized carbons (Fsp3) is 0.556. The fourth-order valence-electron chi connectivity index (χ4n) is 6.70. The molecule has 1 aliphatic rings. The number of benzene rings is 3. The molecule has 0 saturated carbocycles. The Bertz CT molecular complexity index is 1710. The van der Waals surface area contributed by atoms with E-state index in [0.29, 0.717) is 44.1 Å². The summed E-state index contributed by atoms with van der Waals surface area (Å²) in [6.45, 7) is 23.6. The summed E-state index contributed by atoms with van der Waals surface area (Å²) >= 11 is 0. The molecule has 1 fully saturated rings. The molecule has 0 aromatic heterocycles. The Morgan fingerprint density at radius 3 is 1.97 bits per heavy atom. The van der Waals surface area contributed by atoms with E-state index in [0.717, 1.165) is 66.9 Å². The van der Waals surface area contributed by atoms with Crippen molar-refractivity contribution in [3.63, 3.8) is 0 Å². The maximum absolute atomic E-state index is 11.2. The number of carbonyl (C=O) groups excluding carboxylic acids is 2. The summed E-state index contributed by atoms with van der Waals surface area (Å²) < 4.78 is 32.5. The molecule has 0 spiro atoms. The lowest BCUT2D eigenvalue weighted by atomic mass is 9.93. The Hall–Kier alpha value is -4.76. The van der Waals surface area contributed by atoms with E-state index in [1.807, 2.05) is 74.5 Å². The number of alkyl carbamates (subject to hydrolysis) is 1. The van der Waals surface area contributed by atoms with Crippen LogP contribution in [0.1, 0.15) is 133 Å². The minimum absolute atomic E-state index is 0.176. The van der Waals surface area contributed by atoms with Crippen molar-refractivity contribution >= 4 is 12.1 Å². The molecule has 3 aromatic carbocycles. The van der Waals surface area contributed by atoms with Crippen molar-refractivity contribution in [2.24, 2.45) is 17.8 Å². The third-order valence-electron chi connectivity index (χ3n) is 11.0. The van der Waals surface area contributed by atoms with Crippen LogP contribution in [0.15, 0.2) is 103 Å². The number of ether oxygens (including phenoxy) is 6. The van der Waals surface area contributed by atoms with Gasteiger partial charge in [-0.3, -0.25) is 0 Å². The van der Waals surface area contributed by atoms with Gasteiger partial charge in [0.2, 0.25) is 0 Å². The molecule has 9 heteroatoms. The van der Waals surface area contributed by atoms with Gasteiger partial charge in [-0.05, 0) is 144 Å². The van der Waals surface area contributed by atoms with E-state index in [2.05, 4.69) is 84.1 Å². The molecular formula is C54H81NO8. The van der Waals surface area contributed by atoms with Gasteiger partial charge in [0, 0.05) is 6.08 Å². The zero-order chi connectivity index (χ0) is 46.3. The van der Waals surface area contributed by atoms with Gasteiger partial charge in [0.05, 0.1) is 38.1 Å². The number of hydrogen-bond acceptors (Lipinski definition) is 8. The largest absolute Gasteiger partial charge is 0.494 e. The van der Waals surface area contributed by atoms with Gasteiger partial charge >= 0.3 is 12.1 Å². The van der Waals surface area contributed by atoms with Gasteiger partial charge in [0.15, 0.2) is 0 Å². The number of amides is 1. The second-order valence-electron chi connectivity index (χ2n) is 16.8. The molecular weight excluding hydrogens is 791 g/mol. The standard InChI is InChI=1S/C20H32O2.C17H19NO4.C17H30O2/c1-5-16-8-11-18(12-9-16)21-15-14-17(6-2)10-13-19-20(4,7-3)22-19;1-2-20-17(19)18-12-13-21-14-8-10-16(11-9-14)22-15-6-4-3-5-7-15;1-6-19-17(18)13-16(5)12-8-11-15(4)10-7-9-14(2)3/h8-9,11-12,17,19H,5-7,10,13-15H2,1-4H3;3-11H,2,12-13H2,1H3,(H,18,19);8,12-15H,6-7,9-11H2,1-5H3/b;;12-8+,16-13+. The van der Waals surface area contributed by atoms with Crippen LogP contribution >= 0.6 is 0 Å². The van der Waals surface area contributed by atoms with E-state index in [1.165, 1.54) is 44.1 Å². The first-order valence-corrected chi connectivity index (χ1v) is 23.6. The van der Waals surface area contributed by atoms with E-state index in [4.69, 9.17) is 28.4 Å². The first-order chi connectivity index (χ1) is 30.3. The van der Waals surface area contributed by atoms with E-state index in [-0.39, 0.29) is 11.6 Å². The SMILES string of the molecule is CCOC(=O)/C=C(C)/C=C/CC(C)CCCC(C)C.CCOC(=O)NCCOc1ccc(Oc2ccccc2)cc1.CCc1ccc(OCCC(CC)CCC2OC2(C)CC)cc1. The van der Waals surface area contributed by atoms with Gasteiger partial charge in [-0.15, -0.1) is 0 Å². The monoisotopic (exact) mass is 872 g/mol. The van der Waals surface area contributed by atoms with Crippen molar-refractivity contribution in [3.05, 3.63) is 108 Å². The minimum atomic E-state index is -0.433. The number of rotatable bonds is 26. The van der Waals surface area contributed by atoms with Crippen LogP contribution in [0.4, 0.5) is 4.79 Å². The quantitative estimate of drug-likeness (QED) is 0.0280. The van der Waals surface area contributed by atoms with Crippen LogP contribution in [-0.4, -0.2) is 56.7 Å². The topological polar surface area (TPSA) is 105 Å². The Morgan fingerprint density at radius 2 is 1.38 bits per heavy atom. The Kier molecular flexibility index (Phi) is 27.6. The first kappa shape index (κ1) is 54.4. The summed E-state index contributed by atoms with van der Waals surface area (Å²) in [4.78, 5) is 22.3. The highest BCUT2D eigenvalue weighted by molar-refractivity contribution is 5.83. The predicted molar refractivity (Wildman–Crippen MR) is 258 cm³/mol. The molecule has 3 aromatic rings. The predicted octanol–water partition coefficient (Wildman–Crippen LogP) is 13.9. The van der Waals surface area contributed by atoms with Crippen molar-refractivity contribution < 1.29 is 38.0 Å². The average molecular weight is 872 g/mol. The normalized spacial score (nSPS) is 16.4. The van der Waals surface area contributed by atoms with Crippen molar-refractivity contribution in [1.29, 1.82) is 0 Å². The number of para-hydroxylation sites is 1. The Labute approximate surface area is 381 Å². The molecule has 4 unspecified atom stereocenters. The van der Waals surface area contributed by atoms with E-state index in [9.17, 15) is 9.59 Å². The van der Waals surface area contributed by atoms with Gasteiger partial charge in [-0.1, -0.05) is 110 Å². The zero-order valence-corrected chi connectivity index (χ0v) is 40.4. The van der Waals surface area contributed by atoms with Crippen molar-refractivity contribution in [2.75, 3.05) is 33.0 Å². The smallest absolute Gasteiger partial charge is 0.407 e. The fourth-order valence-corrected chi connectivity index (χ4v) is 6.70. The van der Waals surface area contributed by atoms with Gasteiger partial charge in [-0.2, -0.15) is 0 Å². The Balaban J connectivity index is 0.000000327. The molecule has 1 amide bonds. The lowest BCUT2D eigenvalue weighted by Crippen LogP contribution is -2.28. The summed E-state index contributed by atoms with van der Waals surface area (Å²) in [7, 11) is 0. The number of esters is 1. The van der Waals surface area contributed by atoms with Crippen molar-refractivity contribution in [2.45, 2.75) is 145 Å². The molecule has 1 aliphatic heterocycles. The lowest BCUT2D eigenvalue weighted by Gasteiger charge is -2.15. The third-order valence-corrected chi connectivity index (χ3v) is 11.0. The van der Waals surface area contributed by atoms with Crippen molar-refractivity contribution in [1.82, 2.24) is 5.32 Å². The van der Waals surface area contributed by atoms with Crippen LogP contribution < -0.4 is 19.5 Å².